The molecule has 3 rings (SSSR count). The Hall–Kier alpha value is -4.04. The molecule has 2 heterocycles. The fourth-order valence-electron chi connectivity index (χ4n) is 7.66. The highest BCUT2D eigenvalue weighted by Crippen LogP contribution is 2.32. The van der Waals surface area contributed by atoms with Crippen molar-refractivity contribution in [3.05, 3.63) is 45.9 Å². The fourth-order valence-corrected chi connectivity index (χ4v) is 8.50. The second kappa shape index (κ2) is 22.9. The average Bonchev–Trinajstić information content (AvgIpc) is 3.67. The number of piperidine rings is 1. The van der Waals surface area contributed by atoms with Gasteiger partial charge in [-0.25, -0.2) is 4.98 Å². The molecule has 0 bridgehead atoms. The quantitative estimate of drug-likeness (QED) is 0.0517. The molecule has 2 aromatic rings. The Balaban J connectivity index is 1.94. The fraction of sp³-hybridized carbons (Fsp3) is 0.682. The van der Waals surface area contributed by atoms with E-state index in [0.717, 1.165) is 57.1 Å². The van der Waals surface area contributed by atoms with E-state index in [1.54, 1.807) is 31.4 Å². The second-order valence-corrected chi connectivity index (χ2v) is 18.1. The number of carboxylic acids is 1. The predicted molar refractivity (Wildman–Crippen MR) is 229 cm³/mol. The number of anilines is 1. The van der Waals surface area contributed by atoms with Gasteiger partial charge < -0.3 is 31.1 Å². The van der Waals surface area contributed by atoms with E-state index in [4.69, 9.17) is 10.5 Å². The molecule has 6 atom stereocenters. The first-order valence-corrected chi connectivity index (χ1v) is 22.1. The molecule has 1 aliphatic rings. The van der Waals surface area contributed by atoms with E-state index in [1.165, 1.54) is 18.3 Å². The molecule has 58 heavy (non-hydrogen) atoms. The van der Waals surface area contributed by atoms with Crippen LogP contribution in [0.15, 0.2) is 29.6 Å². The van der Waals surface area contributed by atoms with Gasteiger partial charge >= 0.3 is 11.9 Å². The summed E-state index contributed by atoms with van der Waals surface area (Å²) in [5.74, 6) is -2.41. The minimum absolute atomic E-state index is 0.0552. The van der Waals surface area contributed by atoms with Crippen LogP contribution >= 0.6 is 11.3 Å². The van der Waals surface area contributed by atoms with Gasteiger partial charge in [0.15, 0.2) is 6.10 Å². The van der Waals surface area contributed by atoms with Crippen molar-refractivity contribution in [2.45, 2.75) is 156 Å². The molecule has 1 fully saturated rings. The smallest absolute Gasteiger partial charge is 0.309 e. The Morgan fingerprint density at radius 2 is 1.74 bits per heavy atom. The van der Waals surface area contributed by atoms with Crippen molar-refractivity contribution in [2.75, 3.05) is 25.9 Å². The summed E-state index contributed by atoms with van der Waals surface area (Å²) in [7, 11) is 1.96. The Labute approximate surface area is 350 Å². The first-order chi connectivity index (χ1) is 27.4. The lowest BCUT2D eigenvalue weighted by Gasteiger charge is -2.40. The maximum atomic E-state index is 14.9. The Morgan fingerprint density at radius 1 is 1.05 bits per heavy atom. The Kier molecular flexibility index (Phi) is 19.1. The van der Waals surface area contributed by atoms with Gasteiger partial charge in [0.2, 0.25) is 11.8 Å². The zero-order chi connectivity index (χ0) is 43.2. The molecular weight excluding hydrogens is 757 g/mol. The monoisotopic (exact) mass is 827 g/mol. The topological polar surface area (TPSA) is 184 Å². The van der Waals surface area contributed by atoms with E-state index in [0.29, 0.717) is 30.1 Å². The van der Waals surface area contributed by atoms with E-state index in [9.17, 15) is 29.1 Å². The number of ether oxygens (including phenoxy) is 1. The molecule has 0 spiro atoms. The Morgan fingerprint density at radius 3 is 2.33 bits per heavy atom. The summed E-state index contributed by atoms with van der Waals surface area (Å²) in [5, 5.41) is 18.1. The van der Waals surface area contributed by atoms with Crippen molar-refractivity contribution in [3.63, 3.8) is 0 Å². The number of nitrogens with zero attached hydrogens (tertiary/aromatic N) is 3. The van der Waals surface area contributed by atoms with Gasteiger partial charge in [-0.1, -0.05) is 78.9 Å². The number of esters is 1. The van der Waals surface area contributed by atoms with Crippen molar-refractivity contribution < 1.29 is 33.8 Å². The molecule has 3 amide bonds. The largest absolute Gasteiger partial charge is 0.481 e. The van der Waals surface area contributed by atoms with Crippen LogP contribution < -0.4 is 16.4 Å². The maximum Gasteiger partial charge on any atom is 0.309 e. The summed E-state index contributed by atoms with van der Waals surface area (Å²) in [6.45, 7) is 16.1. The van der Waals surface area contributed by atoms with Gasteiger partial charge in [-0.2, -0.15) is 0 Å². The van der Waals surface area contributed by atoms with Crippen LogP contribution in [0.1, 0.15) is 147 Å². The molecule has 0 aliphatic carbocycles. The lowest BCUT2D eigenvalue weighted by molar-refractivity contribution is -0.150. The minimum Gasteiger partial charge on any atom is -0.481 e. The summed E-state index contributed by atoms with van der Waals surface area (Å²) in [5.41, 5.74) is 6.37. The van der Waals surface area contributed by atoms with E-state index in [1.807, 2.05) is 51.8 Å². The van der Waals surface area contributed by atoms with Crippen LogP contribution in [0.2, 0.25) is 0 Å². The zero-order valence-corrected chi connectivity index (χ0v) is 37.2. The molecule has 1 aliphatic heterocycles. The van der Waals surface area contributed by atoms with E-state index in [2.05, 4.69) is 27.4 Å². The summed E-state index contributed by atoms with van der Waals surface area (Å²) in [6, 6.07) is 5.30. The van der Waals surface area contributed by atoms with Gasteiger partial charge in [-0.3, -0.25) is 28.9 Å². The summed E-state index contributed by atoms with van der Waals surface area (Å²) >= 11 is 1.19. The van der Waals surface area contributed by atoms with Crippen LogP contribution in [0.25, 0.3) is 0 Å². The molecule has 1 saturated heterocycles. The van der Waals surface area contributed by atoms with Crippen LogP contribution in [0.3, 0.4) is 0 Å². The number of nitrogens with one attached hydrogen (secondary N) is 2. The maximum absolute atomic E-state index is 14.9. The van der Waals surface area contributed by atoms with E-state index < -0.39 is 41.4 Å². The number of nitrogens with two attached hydrogens (primary N) is 1. The number of aromatic nitrogens is 1. The van der Waals surface area contributed by atoms with Crippen molar-refractivity contribution in [2.24, 2.45) is 17.3 Å². The first-order valence-electron chi connectivity index (χ1n) is 21.2. The number of hydrogen-bond donors (Lipinski definition) is 4. The number of hydrogen-bond acceptors (Lipinski definition) is 10. The molecule has 5 N–H and O–H groups in total. The van der Waals surface area contributed by atoms with Gasteiger partial charge in [0.1, 0.15) is 16.7 Å². The van der Waals surface area contributed by atoms with Gasteiger partial charge in [0.05, 0.1) is 11.5 Å². The third kappa shape index (κ3) is 14.4. The molecule has 1 aromatic carbocycles. The number of carbonyl (C=O) groups excluding carboxylic acids is 4. The molecule has 13 nitrogen and oxygen atoms in total. The molecule has 1 aromatic heterocycles. The number of carbonyl (C=O) groups is 5. The number of nitrogen functional groups attached to an aromatic ring is 1. The van der Waals surface area contributed by atoms with Crippen LogP contribution in [0.5, 0.6) is 0 Å². The summed E-state index contributed by atoms with van der Waals surface area (Å²) in [6.07, 6.45) is 7.18. The lowest BCUT2D eigenvalue weighted by Crippen LogP contribution is -2.59. The van der Waals surface area contributed by atoms with Crippen molar-refractivity contribution in [3.8, 4) is 0 Å². The van der Waals surface area contributed by atoms with Crippen LogP contribution in [0, 0.1) is 17.3 Å². The number of carboxylic acid groups (broad SMARTS) is 1. The number of benzene rings is 1. The van der Waals surface area contributed by atoms with Crippen molar-refractivity contribution in [1.29, 1.82) is 0 Å². The first kappa shape index (κ1) is 48.3. The lowest BCUT2D eigenvalue weighted by atomic mass is 9.84. The van der Waals surface area contributed by atoms with Crippen LogP contribution in [-0.4, -0.2) is 93.9 Å². The molecule has 0 radical (unpaired) electrons. The highest BCUT2D eigenvalue weighted by Gasteiger charge is 2.39. The van der Waals surface area contributed by atoms with Gasteiger partial charge in [0, 0.05) is 43.0 Å². The number of likely N-dealkylation sites (tertiary alicyclic amines) is 1. The van der Waals surface area contributed by atoms with Crippen molar-refractivity contribution in [1.82, 2.24) is 25.4 Å². The number of likely N-dealkylation sites (N-methyl/N-ethyl adjacent to an activating group) is 1. The SMILES string of the molecule is CCCCCCN(C(=O)[C@@H](NC(=O)[C@H]1CCCCN1C)[C@@H](C)CC)[C@H](C[C@@H](OC(C)=O)c1nc(C(=O)N[C@@H](Cc2ccc(N)cc2)CC(C)(C)C(=O)O)cs1)C(C)C. The number of unbranched alkanes of at least 4 members (excludes halogenated alkanes) is 3. The van der Waals surface area contributed by atoms with Gasteiger partial charge in [-0.05, 0) is 89.1 Å². The minimum atomic E-state index is -1.12. The number of rotatable bonds is 23. The number of aliphatic carboxylic acids is 1. The molecular formula is C44H70N6O7S. The van der Waals surface area contributed by atoms with Gasteiger partial charge in [0.25, 0.3) is 5.91 Å². The summed E-state index contributed by atoms with van der Waals surface area (Å²) < 4.78 is 5.92. The summed E-state index contributed by atoms with van der Waals surface area (Å²) in [4.78, 5) is 75.7. The third-order valence-electron chi connectivity index (χ3n) is 11.5. The standard InChI is InChI=1S/C44H70N6O7S/c1-10-12-13-15-23-50(42(54)38(29(5)11-2)48-40(53)35-17-14-16-22-49(35)9)36(28(3)4)25-37(57-30(6)51)41-47-34(27-58-41)39(52)46-33(26-44(7,8)43(55)56)24-31-18-20-32(45)21-19-31/h18-21,27-29,33,35-38H,10-17,22-26,45H2,1-9H3,(H,46,52)(H,48,53)(H,55,56)/t29-,33-,35+,36+,37+,38-/m0/s1. The number of amides is 3. The molecule has 0 unspecified atom stereocenters. The predicted octanol–water partition coefficient (Wildman–Crippen LogP) is 7.01. The highest BCUT2D eigenvalue weighted by atomic mass is 32.1. The molecule has 14 heteroatoms. The third-order valence-corrected chi connectivity index (χ3v) is 12.4. The Bertz CT molecular complexity index is 1650. The zero-order valence-electron chi connectivity index (χ0n) is 36.3. The van der Waals surface area contributed by atoms with E-state index in [-0.39, 0.29) is 54.3 Å². The second-order valence-electron chi connectivity index (χ2n) is 17.2. The number of thiazole rings is 1. The average molecular weight is 827 g/mol. The van der Waals surface area contributed by atoms with Crippen LogP contribution in [-0.2, 0) is 30.3 Å². The van der Waals surface area contributed by atoms with E-state index >= 15 is 0 Å². The highest BCUT2D eigenvalue weighted by molar-refractivity contribution is 7.09. The van der Waals surface area contributed by atoms with Crippen molar-refractivity contribution >= 4 is 46.7 Å². The molecule has 0 saturated carbocycles. The normalized spacial score (nSPS) is 17.4. The van der Waals surface area contributed by atoms with Crippen LogP contribution in [0.4, 0.5) is 5.69 Å². The van der Waals surface area contributed by atoms with Gasteiger partial charge in [-0.15, -0.1) is 11.3 Å². The molecule has 324 valence electrons.